The highest BCUT2D eigenvalue weighted by molar-refractivity contribution is 7.09. The van der Waals surface area contributed by atoms with Gasteiger partial charge < -0.3 is 14.8 Å². The lowest BCUT2D eigenvalue weighted by molar-refractivity contribution is -0.129. The first-order valence-electron chi connectivity index (χ1n) is 9.02. The fourth-order valence-corrected chi connectivity index (χ4v) is 3.42. The Morgan fingerprint density at radius 1 is 1.22 bits per heavy atom. The first-order chi connectivity index (χ1) is 13.1. The molecule has 1 N–H and O–H groups in total. The standard InChI is InChI=1S/C20H24N2O4S/c1-15(19(23)21-13-18-3-2-12-27-18)26-20(24)17-6-4-16(5-7-17)14-22-8-10-25-11-9-22/h2-7,12,15H,8-11,13-14H2,1H3,(H,21,23)/t15-/m0/s1. The molecule has 1 fully saturated rings. The van der Waals surface area contributed by atoms with E-state index in [0.29, 0.717) is 12.1 Å². The van der Waals surface area contributed by atoms with Gasteiger partial charge in [-0.1, -0.05) is 18.2 Å². The summed E-state index contributed by atoms with van der Waals surface area (Å²) in [5, 5.41) is 4.73. The van der Waals surface area contributed by atoms with Crippen LogP contribution in [-0.4, -0.2) is 49.2 Å². The molecule has 0 unspecified atom stereocenters. The molecule has 1 aliphatic heterocycles. The van der Waals surface area contributed by atoms with E-state index in [9.17, 15) is 9.59 Å². The molecule has 0 radical (unpaired) electrons. The molecule has 7 heteroatoms. The summed E-state index contributed by atoms with van der Waals surface area (Å²) < 4.78 is 10.6. The van der Waals surface area contributed by atoms with E-state index in [1.54, 1.807) is 30.4 Å². The van der Waals surface area contributed by atoms with Crippen LogP contribution in [0.25, 0.3) is 0 Å². The van der Waals surface area contributed by atoms with Crippen molar-refractivity contribution in [1.82, 2.24) is 10.2 Å². The maximum Gasteiger partial charge on any atom is 0.338 e. The molecule has 1 aliphatic rings. The van der Waals surface area contributed by atoms with Gasteiger partial charge in [0.05, 0.1) is 25.3 Å². The highest BCUT2D eigenvalue weighted by Gasteiger charge is 2.19. The van der Waals surface area contributed by atoms with Crippen LogP contribution < -0.4 is 5.32 Å². The SMILES string of the molecule is C[C@H](OC(=O)c1ccc(CN2CCOCC2)cc1)C(=O)NCc1cccs1. The first-order valence-corrected chi connectivity index (χ1v) is 9.90. The molecular formula is C20H24N2O4S. The zero-order valence-corrected chi connectivity index (χ0v) is 16.2. The first kappa shape index (κ1) is 19.5. The number of carbonyl (C=O) groups excluding carboxylic acids is 2. The lowest BCUT2D eigenvalue weighted by Gasteiger charge is -2.26. The molecule has 27 heavy (non-hydrogen) atoms. The molecule has 1 aromatic carbocycles. The maximum absolute atomic E-state index is 12.3. The Bertz CT molecular complexity index is 740. The van der Waals surface area contributed by atoms with Gasteiger partial charge >= 0.3 is 5.97 Å². The quantitative estimate of drug-likeness (QED) is 0.738. The van der Waals surface area contributed by atoms with Crippen LogP contribution in [-0.2, 0) is 27.4 Å². The van der Waals surface area contributed by atoms with E-state index in [0.717, 1.165) is 43.3 Å². The average molecular weight is 388 g/mol. The van der Waals surface area contributed by atoms with Gasteiger partial charge in [0.15, 0.2) is 6.10 Å². The molecule has 144 valence electrons. The molecule has 1 saturated heterocycles. The van der Waals surface area contributed by atoms with Gasteiger partial charge in [0.25, 0.3) is 5.91 Å². The average Bonchev–Trinajstić information content (AvgIpc) is 3.21. The van der Waals surface area contributed by atoms with Gasteiger partial charge in [-0.3, -0.25) is 9.69 Å². The van der Waals surface area contributed by atoms with Gasteiger partial charge in [-0.05, 0) is 36.1 Å². The van der Waals surface area contributed by atoms with Crippen LogP contribution in [0.4, 0.5) is 0 Å². The van der Waals surface area contributed by atoms with Crippen molar-refractivity contribution in [2.45, 2.75) is 26.1 Å². The summed E-state index contributed by atoms with van der Waals surface area (Å²) >= 11 is 1.57. The summed E-state index contributed by atoms with van der Waals surface area (Å²) in [4.78, 5) is 27.7. The van der Waals surface area contributed by atoms with Crippen molar-refractivity contribution in [3.63, 3.8) is 0 Å². The van der Waals surface area contributed by atoms with E-state index < -0.39 is 12.1 Å². The van der Waals surface area contributed by atoms with Crippen molar-refractivity contribution in [2.75, 3.05) is 26.3 Å². The minimum absolute atomic E-state index is 0.305. The summed E-state index contributed by atoms with van der Waals surface area (Å²) in [5.41, 5.74) is 1.58. The van der Waals surface area contributed by atoms with Gasteiger partial charge in [-0.25, -0.2) is 4.79 Å². The van der Waals surface area contributed by atoms with E-state index in [-0.39, 0.29) is 5.91 Å². The second-order valence-electron chi connectivity index (χ2n) is 6.43. The van der Waals surface area contributed by atoms with Gasteiger partial charge in [0.1, 0.15) is 0 Å². The number of hydrogen-bond acceptors (Lipinski definition) is 6. The maximum atomic E-state index is 12.3. The van der Waals surface area contributed by atoms with Crippen molar-refractivity contribution in [2.24, 2.45) is 0 Å². The molecular weight excluding hydrogens is 364 g/mol. The second-order valence-corrected chi connectivity index (χ2v) is 7.46. The smallest absolute Gasteiger partial charge is 0.338 e. The third-order valence-electron chi connectivity index (χ3n) is 4.37. The highest BCUT2D eigenvalue weighted by Crippen LogP contribution is 2.11. The Hall–Kier alpha value is -2.22. The minimum Gasteiger partial charge on any atom is -0.449 e. The van der Waals surface area contributed by atoms with Crippen molar-refractivity contribution < 1.29 is 19.1 Å². The molecule has 0 bridgehead atoms. The predicted molar refractivity (Wildman–Crippen MR) is 104 cm³/mol. The Balaban J connectivity index is 1.47. The van der Waals surface area contributed by atoms with E-state index in [2.05, 4.69) is 10.2 Å². The van der Waals surface area contributed by atoms with Gasteiger partial charge in [-0.15, -0.1) is 11.3 Å². The molecule has 0 saturated carbocycles. The van der Waals surface area contributed by atoms with Crippen LogP contribution >= 0.6 is 11.3 Å². The van der Waals surface area contributed by atoms with Crippen LogP contribution in [0, 0.1) is 0 Å². The summed E-state index contributed by atoms with van der Waals surface area (Å²) in [7, 11) is 0. The summed E-state index contributed by atoms with van der Waals surface area (Å²) in [5.74, 6) is -0.799. The predicted octanol–water partition coefficient (Wildman–Crippen LogP) is 2.44. The second kappa shape index (κ2) is 9.64. The number of amides is 1. The number of rotatable bonds is 7. The normalized spacial score (nSPS) is 15.9. The Morgan fingerprint density at radius 3 is 2.63 bits per heavy atom. The van der Waals surface area contributed by atoms with Crippen LogP contribution in [0.2, 0.25) is 0 Å². The number of ether oxygens (including phenoxy) is 2. The van der Waals surface area contributed by atoms with Crippen molar-refractivity contribution in [3.8, 4) is 0 Å². The van der Waals surface area contributed by atoms with Crippen molar-refractivity contribution in [3.05, 3.63) is 57.8 Å². The minimum atomic E-state index is -0.842. The number of nitrogens with zero attached hydrogens (tertiary/aromatic N) is 1. The molecule has 1 atom stereocenters. The molecule has 2 heterocycles. The number of hydrogen-bond donors (Lipinski definition) is 1. The van der Waals surface area contributed by atoms with Crippen molar-refractivity contribution in [1.29, 1.82) is 0 Å². The van der Waals surface area contributed by atoms with Crippen LogP contribution in [0.3, 0.4) is 0 Å². The third-order valence-corrected chi connectivity index (χ3v) is 5.25. The van der Waals surface area contributed by atoms with E-state index >= 15 is 0 Å². The number of nitrogens with one attached hydrogen (secondary N) is 1. The van der Waals surface area contributed by atoms with Crippen LogP contribution in [0.15, 0.2) is 41.8 Å². The fourth-order valence-electron chi connectivity index (χ4n) is 2.78. The van der Waals surface area contributed by atoms with Gasteiger partial charge in [0, 0.05) is 24.5 Å². The van der Waals surface area contributed by atoms with Gasteiger partial charge in [-0.2, -0.15) is 0 Å². The lowest BCUT2D eigenvalue weighted by Crippen LogP contribution is -2.35. The lowest BCUT2D eigenvalue weighted by atomic mass is 10.1. The Morgan fingerprint density at radius 2 is 1.96 bits per heavy atom. The van der Waals surface area contributed by atoms with E-state index in [1.165, 1.54) is 0 Å². The summed E-state index contributed by atoms with van der Waals surface area (Å²) in [6, 6.07) is 11.2. The topological polar surface area (TPSA) is 67.9 Å². The zero-order chi connectivity index (χ0) is 19.1. The number of carbonyl (C=O) groups is 2. The fraction of sp³-hybridized carbons (Fsp3) is 0.400. The number of thiophene rings is 1. The van der Waals surface area contributed by atoms with Crippen LogP contribution in [0.5, 0.6) is 0 Å². The number of morpholine rings is 1. The molecule has 3 rings (SSSR count). The monoisotopic (exact) mass is 388 g/mol. The summed E-state index contributed by atoms with van der Waals surface area (Å²) in [6.07, 6.45) is -0.842. The Kier molecular flexibility index (Phi) is 6.98. The van der Waals surface area contributed by atoms with Gasteiger partial charge in [0.2, 0.25) is 0 Å². The molecule has 6 nitrogen and oxygen atoms in total. The molecule has 1 aromatic heterocycles. The number of benzene rings is 1. The van der Waals surface area contributed by atoms with E-state index in [4.69, 9.17) is 9.47 Å². The molecule has 2 aromatic rings. The molecule has 0 spiro atoms. The largest absolute Gasteiger partial charge is 0.449 e. The number of esters is 1. The molecule has 1 amide bonds. The summed E-state index contributed by atoms with van der Waals surface area (Å²) in [6.45, 7) is 6.21. The van der Waals surface area contributed by atoms with E-state index in [1.807, 2.05) is 29.6 Å². The highest BCUT2D eigenvalue weighted by atomic mass is 32.1. The third kappa shape index (κ3) is 5.89. The van der Waals surface area contributed by atoms with Crippen molar-refractivity contribution >= 4 is 23.2 Å². The Labute approximate surface area is 163 Å². The zero-order valence-electron chi connectivity index (χ0n) is 15.3. The molecule has 0 aliphatic carbocycles. The van der Waals surface area contributed by atoms with Crippen LogP contribution in [0.1, 0.15) is 27.7 Å².